The predicted molar refractivity (Wildman–Crippen MR) is 90.4 cm³/mol. The molecule has 3 rings (SSSR count). The number of aromatic nitrogens is 3. The first-order valence-electron chi connectivity index (χ1n) is 7.40. The minimum atomic E-state index is 0.562. The summed E-state index contributed by atoms with van der Waals surface area (Å²) in [5.41, 5.74) is 1.81. The molecule has 2 heterocycles. The van der Waals surface area contributed by atoms with E-state index in [1.165, 1.54) is 0 Å². The van der Waals surface area contributed by atoms with Crippen molar-refractivity contribution in [3.05, 3.63) is 48.8 Å². The number of hydrogen-bond donors (Lipinski definition) is 2. The molecule has 5 heteroatoms. The highest BCUT2D eigenvalue weighted by Crippen LogP contribution is 2.23. The molecule has 0 amide bonds. The number of pyridine rings is 1. The maximum absolute atomic E-state index is 4.49. The van der Waals surface area contributed by atoms with Gasteiger partial charge < -0.3 is 10.6 Å². The highest BCUT2D eigenvalue weighted by Gasteiger charge is 2.05. The summed E-state index contributed by atoms with van der Waals surface area (Å²) in [4.78, 5) is 13.2. The minimum absolute atomic E-state index is 0.562. The van der Waals surface area contributed by atoms with E-state index in [1.54, 1.807) is 12.4 Å². The fraction of sp³-hybridized carbons (Fsp3) is 0.235. The molecule has 5 nitrogen and oxygen atoms in total. The maximum atomic E-state index is 4.49. The first-order chi connectivity index (χ1) is 10.7. The second-order valence-electron chi connectivity index (χ2n) is 5.55. The third kappa shape index (κ3) is 3.31. The lowest BCUT2D eigenvalue weighted by molar-refractivity contribution is 0.687. The lowest BCUT2D eigenvalue weighted by atomic mass is 10.2. The van der Waals surface area contributed by atoms with E-state index < -0.39 is 0 Å². The molecular formula is C17H19N5. The van der Waals surface area contributed by atoms with Crippen molar-refractivity contribution in [3.63, 3.8) is 0 Å². The van der Waals surface area contributed by atoms with E-state index in [0.29, 0.717) is 11.9 Å². The molecule has 0 fully saturated rings. The van der Waals surface area contributed by atoms with Crippen molar-refractivity contribution >= 4 is 28.4 Å². The topological polar surface area (TPSA) is 62.7 Å². The largest absolute Gasteiger partial charge is 0.370 e. The molecule has 0 aliphatic heterocycles. The Hall–Kier alpha value is -2.69. The molecule has 0 saturated heterocycles. The monoisotopic (exact) mass is 293 g/mol. The molecule has 1 aromatic carbocycles. The zero-order valence-electron chi connectivity index (χ0n) is 12.7. The highest BCUT2D eigenvalue weighted by atomic mass is 15.1. The van der Waals surface area contributed by atoms with E-state index in [9.17, 15) is 0 Å². The zero-order valence-corrected chi connectivity index (χ0v) is 12.7. The van der Waals surface area contributed by atoms with Crippen LogP contribution in [-0.2, 0) is 0 Å². The SMILES string of the molecule is CC(C)CNc1ccnc(Nc2cccc3cccnc23)n1. The Morgan fingerprint density at radius 2 is 1.86 bits per heavy atom. The van der Waals surface area contributed by atoms with Crippen LogP contribution < -0.4 is 10.6 Å². The summed E-state index contributed by atoms with van der Waals surface area (Å²) >= 11 is 0. The Bertz CT molecular complexity index is 764. The van der Waals surface area contributed by atoms with Gasteiger partial charge in [0.05, 0.1) is 11.2 Å². The smallest absolute Gasteiger partial charge is 0.229 e. The molecule has 0 bridgehead atoms. The Morgan fingerprint density at radius 1 is 1.00 bits per heavy atom. The van der Waals surface area contributed by atoms with Gasteiger partial charge in [0.2, 0.25) is 5.95 Å². The standard InChI is InChI=1S/C17H19N5/c1-12(2)11-20-15-8-10-19-17(22-15)21-14-7-3-5-13-6-4-9-18-16(13)14/h3-10,12H,11H2,1-2H3,(H2,19,20,21,22). The second-order valence-corrected chi connectivity index (χ2v) is 5.55. The summed E-state index contributed by atoms with van der Waals surface area (Å²) in [6.07, 6.45) is 3.53. The van der Waals surface area contributed by atoms with Gasteiger partial charge >= 0.3 is 0 Å². The van der Waals surface area contributed by atoms with Gasteiger partial charge in [-0.1, -0.05) is 32.0 Å². The van der Waals surface area contributed by atoms with Gasteiger partial charge in [-0.15, -0.1) is 0 Å². The Morgan fingerprint density at radius 3 is 2.73 bits per heavy atom. The normalized spacial score (nSPS) is 10.9. The molecule has 0 aliphatic rings. The number of nitrogens with one attached hydrogen (secondary N) is 2. The number of benzene rings is 1. The molecule has 0 aliphatic carbocycles. The number of anilines is 3. The summed E-state index contributed by atoms with van der Waals surface area (Å²) in [6, 6.07) is 11.8. The molecule has 0 radical (unpaired) electrons. The molecule has 112 valence electrons. The van der Waals surface area contributed by atoms with Crippen molar-refractivity contribution in [2.24, 2.45) is 5.92 Å². The third-order valence-electron chi connectivity index (χ3n) is 3.23. The van der Waals surface area contributed by atoms with Crippen LogP contribution in [0.1, 0.15) is 13.8 Å². The van der Waals surface area contributed by atoms with Gasteiger partial charge in [0.1, 0.15) is 5.82 Å². The van der Waals surface area contributed by atoms with Crippen LogP contribution in [0.15, 0.2) is 48.8 Å². The lowest BCUT2D eigenvalue weighted by Gasteiger charge is -2.10. The number of para-hydroxylation sites is 1. The van der Waals surface area contributed by atoms with Crippen LogP contribution in [0, 0.1) is 5.92 Å². The summed E-state index contributed by atoms with van der Waals surface area (Å²) < 4.78 is 0. The van der Waals surface area contributed by atoms with Gasteiger partial charge in [-0.05, 0) is 24.1 Å². The second kappa shape index (κ2) is 6.39. The quantitative estimate of drug-likeness (QED) is 0.748. The first kappa shape index (κ1) is 14.3. The van der Waals surface area contributed by atoms with Gasteiger partial charge in [-0.2, -0.15) is 4.98 Å². The summed E-state index contributed by atoms with van der Waals surface area (Å²) in [5, 5.41) is 7.64. The van der Waals surface area contributed by atoms with Crippen LogP contribution in [0.2, 0.25) is 0 Å². The van der Waals surface area contributed by atoms with Crippen LogP contribution in [0.4, 0.5) is 17.5 Å². The summed E-state index contributed by atoms with van der Waals surface area (Å²) in [5.74, 6) is 1.94. The van der Waals surface area contributed by atoms with Crippen LogP contribution in [0.5, 0.6) is 0 Å². The minimum Gasteiger partial charge on any atom is -0.370 e. The number of fused-ring (bicyclic) bond motifs is 1. The number of rotatable bonds is 5. The molecule has 3 aromatic rings. The molecule has 0 atom stereocenters. The van der Waals surface area contributed by atoms with Gasteiger partial charge in [0.15, 0.2) is 0 Å². The molecular weight excluding hydrogens is 274 g/mol. The number of hydrogen-bond acceptors (Lipinski definition) is 5. The highest BCUT2D eigenvalue weighted by molar-refractivity contribution is 5.91. The third-order valence-corrected chi connectivity index (χ3v) is 3.23. The molecule has 0 saturated carbocycles. The average molecular weight is 293 g/mol. The van der Waals surface area contributed by atoms with Crippen LogP contribution >= 0.6 is 0 Å². The van der Waals surface area contributed by atoms with Crippen molar-refractivity contribution in [2.75, 3.05) is 17.2 Å². The van der Waals surface area contributed by atoms with Crippen molar-refractivity contribution < 1.29 is 0 Å². The van der Waals surface area contributed by atoms with Crippen molar-refractivity contribution in [1.29, 1.82) is 0 Å². The maximum Gasteiger partial charge on any atom is 0.229 e. The summed E-state index contributed by atoms with van der Waals surface area (Å²) in [7, 11) is 0. The van der Waals surface area contributed by atoms with Gasteiger partial charge in [-0.25, -0.2) is 4.98 Å². The Labute approximate surface area is 129 Å². The van der Waals surface area contributed by atoms with E-state index >= 15 is 0 Å². The predicted octanol–water partition coefficient (Wildman–Crippen LogP) is 3.84. The van der Waals surface area contributed by atoms with E-state index in [1.807, 2.05) is 36.4 Å². The number of nitrogens with zero attached hydrogens (tertiary/aromatic N) is 3. The molecule has 2 aromatic heterocycles. The Kier molecular flexibility index (Phi) is 4.14. The van der Waals surface area contributed by atoms with E-state index in [4.69, 9.17) is 0 Å². The van der Waals surface area contributed by atoms with E-state index in [2.05, 4.69) is 39.4 Å². The molecule has 0 spiro atoms. The van der Waals surface area contributed by atoms with Crippen molar-refractivity contribution in [2.45, 2.75) is 13.8 Å². The van der Waals surface area contributed by atoms with Crippen molar-refractivity contribution in [1.82, 2.24) is 15.0 Å². The molecule has 2 N–H and O–H groups in total. The van der Waals surface area contributed by atoms with Gasteiger partial charge in [-0.3, -0.25) is 4.98 Å². The van der Waals surface area contributed by atoms with Crippen LogP contribution in [0.25, 0.3) is 10.9 Å². The van der Waals surface area contributed by atoms with E-state index in [0.717, 1.165) is 29.0 Å². The summed E-state index contributed by atoms with van der Waals surface area (Å²) in [6.45, 7) is 5.20. The van der Waals surface area contributed by atoms with Gasteiger partial charge in [0.25, 0.3) is 0 Å². The fourth-order valence-electron chi connectivity index (χ4n) is 2.15. The van der Waals surface area contributed by atoms with E-state index in [-0.39, 0.29) is 0 Å². The average Bonchev–Trinajstić information content (AvgIpc) is 2.54. The molecule has 22 heavy (non-hydrogen) atoms. The van der Waals surface area contributed by atoms with Crippen LogP contribution in [-0.4, -0.2) is 21.5 Å². The van der Waals surface area contributed by atoms with Gasteiger partial charge in [0, 0.05) is 24.3 Å². The Balaban J connectivity index is 1.84. The lowest BCUT2D eigenvalue weighted by Crippen LogP contribution is -2.10. The van der Waals surface area contributed by atoms with Crippen molar-refractivity contribution in [3.8, 4) is 0 Å². The van der Waals surface area contributed by atoms with Crippen LogP contribution in [0.3, 0.4) is 0 Å². The zero-order chi connectivity index (χ0) is 15.4. The fourth-order valence-corrected chi connectivity index (χ4v) is 2.15. The first-order valence-corrected chi connectivity index (χ1v) is 7.40. The molecule has 0 unspecified atom stereocenters.